The molecular formula is C8H20Cl2N2. The molecule has 1 fully saturated rings. The van der Waals surface area contributed by atoms with Crippen molar-refractivity contribution in [2.75, 3.05) is 19.6 Å². The third-order valence-electron chi connectivity index (χ3n) is 1.88. The zero-order chi connectivity index (χ0) is 7.40. The Morgan fingerprint density at radius 1 is 1.25 bits per heavy atom. The van der Waals surface area contributed by atoms with Crippen LogP contribution in [0.4, 0.5) is 0 Å². The van der Waals surface area contributed by atoms with Crippen molar-refractivity contribution < 1.29 is 0 Å². The van der Waals surface area contributed by atoms with Gasteiger partial charge in [0.05, 0.1) is 0 Å². The molecule has 76 valence electrons. The monoisotopic (exact) mass is 214 g/mol. The van der Waals surface area contributed by atoms with Gasteiger partial charge in [0, 0.05) is 25.7 Å². The topological polar surface area (TPSA) is 24.1 Å². The van der Waals surface area contributed by atoms with Crippen molar-refractivity contribution in [3.05, 3.63) is 0 Å². The maximum Gasteiger partial charge on any atom is 0.0195 e. The third-order valence-corrected chi connectivity index (χ3v) is 1.88. The summed E-state index contributed by atoms with van der Waals surface area (Å²) in [6, 6.07) is 0.716. The van der Waals surface area contributed by atoms with E-state index < -0.39 is 0 Å². The second-order valence-corrected chi connectivity index (χ2v) is 3.48. The molecule has 0 saturated carbocycles. The van der Waals surface area contributed by atoms with Gasteiger partial charge in [-0.1, -0.05) is 13.8 Å². The summed E-state index contributed by atoms with van der Waals surface area (Å²) in [4.78, 5) is 0. The molecule has 0 radical (unpaired) electrons. The SMILES string of the molecule is CC(C)C[C@H]1CNCCN1.Cl.Cl. The van der Waals surface area contributed by atoms with Crippen molar-refractivity contribution in [2.24, 2.45) is 5.92 Å². The van der Waals surface area contributed by atoms with Crippen LogP contribution in [0.2, 0.25) is 0 Å². The number of rotatable bonds is 2. The van der Waals surface area contributed by atoms with Crippen LogP contribution in [-0.4, -0.2) is 25.7 Å². The molecule has 0 aromatic heterocycles. The van der Waals surface area contributed by atoms with E-state index in [4.69, 9.17) is 0 Å². The van der Waals surface area contributed by atoms with E-state index in [-0.39, 0.29) is 24.8 Å². The first kappa shape index (κ1) is 15.0. The molecule has 0 aromatic rings. The first-order chi connectivity index (χ1) is 4.79. The summed E-state index contributed by atoms with van der Waals surface area (Å²) >= 11 is 0. The molecule has 0 aliphatic carbocycles. The smallest absolute Gasteiger partial charge is 0.0195 e. The van der Waals surface area contributed by atoms with Gasteiger partial charge in [0.15, 0.2) is 0 Å². The normalized spacial score (nSPS) is 22.8. The van der Waals surface area contributed by atoms with Gasteiger partial charge < -0.3 is 10.6 Å². The molecule has 12 heavy (non-hydrogen) atoms. The van der Waals surface area contributed by atoms with E-state index in [1.54, 1.807) is 0 Å². The highest BCUT2D eigenvalue weighted by Crippen LogP contribution is 2.04. The Labute approximate surface area is 87.7 Å². The van der Waals surface area contributed by atoms with E-state index in [2.05, 4.69) is 24.5 Å². The first-order valence-electron chi connectivity index (χ1n) is 4.23. The number of hydrogen-bond acceptors (Lipinski definition) is 2. The van der Waals surface area contributed by atoms with Crippen LogP contribution in [0.25, 0.3) is 0 Å². The largest absolute Gasteiger partial charge is 0.314 e. The number of halogens is 2. The van der Waals surface area contributed by atoms with Gasteiger partial charge in [-0.15, -0.1) is 24.8 Å². The van der Waals surface area contributed by atoms with E-state index in [0.717, 1.165) is 25.6 Å². The fraction of sp³-hybridized carbons (Fsp3) is 1.00. The Kier molecular flexibility index (Phi) is 10.1. The Morgan fingerprint density at radius 2 is 1.92 bits per heavy atom. The molecule has 1 rings (SSSR count). The van der Waals surface area contributed by atoms with Crippen LogP contribution >= 0.6 is 24.8 Å². The van der Waals surface area contributed by atoms with Crippen molar-refractivity contribution in [1.29, 1.82) is 0 Å². The van der Waals surface area contributed by atoms with Crippen LogP contribution in [0.5, 0.6) is 0 Å². The molecule has 1 heterocycles. The summed E-state index contributed by atoms with van der Waals surface area (Å²) in [5.74, 6) is 0.817. The molecule has 0 aromatic carbocycles. The minimum atomic E-state index is 0. The van der Waals surface area contributed by atoms with Gasteiger partial charge in [0.25, 0.3) is 0 Å². The van der Waals surface area contributed by atoms with Crippen LogP contribution in [-0.2, 0) is 0 Å². The van der Waals surface area contributed by atoms with Crippen molar-refractivity contribution in [3.63, 3.8) is 0 Å². The lowest BCUT2D eigenvalue weighted by Crippen LogP contribution is -2.48. The highest BCUT2D eigenvalue weighted by Gasteiger charge is 2.12. The van der Waals surface area contributed by atoms with Crippen molar-refractivity contribution in [1.82, 2.24) is 10.6 Å². The second kappa shape index (κ2) is 8.11. The molecule has 0 bridgehead atoms. The number of hydrogen-bond donors (Lipinski definition) is 2. The Hall–Kier alpha value is 0.500. The maximum atomic E-state index is 3.49. The van der Waals surface area contributed by atoms with Crippen molar-refractivity contribution in [2.45, 2.75) is 26.3 Å². The van der Waals surface area contributed by atoms with E-state index in [1.807, 2.05) is 0 Å². The van der Waals surface area contributed by atoms with Gasteiger partial charge in [-0.3, -0.25) is 0 Å². The Morgan fingerprint density at radius 3 is 2.33 bits per heavy atom. The molecule has 0 unspecified atom stereocenters. The lowest BCUT2D eigenvalue weighted by atomic mass is 10.0. The summed E-state index contributed by atoms with van der Waals surface area (Å²) in [5, 5.41) is 6.87. The highest BCUT2D eigenvalue weighted by atomic mass is 35.5. The number of piperazine rings is 1. The Balaban J connectivity index is 0. The van der Waals surface area contributed by atoms with E-state index in [0.29, 0.717) is 6.04 Å². The molecule has 1 saturated heterocycles. The van der Waals surface area contributed by atoms with Gasteiger partial charge >= 0.3 is 0 Å². The third kappa shape index (κ3) is 6.06. The van der Waals surface area contributed by atoms with Gasteiger partial charge in [-0.2, -0.15) is 0 Å². The van der Waals surface area contributed by atoms with Crippen LogP contribution in [0.15, 0.2) is 0 Å². The Bertz CT molecular complexity index is 93.1. The van der Waals surface area contributed by atoms with E-state index >= 15 is 0 Å². The zero-order valence-corrected chi connectivity index (χ0v) is 9.43. The summed E-state index contributed by atoms with van der Waals surface area (Å²) in [5.41, 5.74) is 0. The summed E-state index contributed by atoms with van der Waals surface area (Å²) in [6.07, 6.45) is 1.30. The predicted molar refractivity (Wildman–Crippen MR) is 58.6 cm³/mol. The van der Waals surface area contributed by atoms with Gasteiger partial charge in [0.2, 0.25) is 0 Å². The lowest BCUT2D eigenvalue weighted by Gasteiger charge is -2.25. The highest BCUT2D eigenvalue weighted by molar-refractivity contribution is 5.85. The van der Waals surface area contributed by atoms with Crippen LogP contribution in [0, 0.1) is 5.92 Å². The molecule has 1 aliphatic heterocycles. The summed E-state index contributed by atoms with van der Waals surface area (Å²) in [6.45, 7) is 7.97. The molecule has 4 heteroatoms. The lowest BCUT2D eigenvalue weighted by molar-refractivity contribution is 0.362. The quantitative estimate of drug-likeness (QED) is 0.728. The van der Waals surface area contributed by atoms with Crippen LogP contribution in [0.3, 0.4) is 0 Å². The average Bonchev–Trinajstić information content (AvgIpc) is 1.88. The fourth-order valence-electron chi connectivity index (χ4n) is 1.45. The first-order valence-corrected chi connectivity index (χ1v) is 4.23. The van der Waals surface area contributed by atoms with Crippen molar-refractivity contribution in [3.8, 4) is 0 Å². The zero-order valence-electron chi connectivity index (χ0n) is 7.80. The minimum Gasteiger partial charge on any atom is -0.314 e. The molecule has 0 amide bonds. The fourth-order valence-corrected chi connectivity index (χ4v) is 1.45. The molecule has 2 nitrogen and oxygen atoms in total. The second-order valence-electron chi connectivity index (χ2n) is 3.48. The van der Waals surface area contributed by atoms with Gasteiger partial charge in [-0.25, -0.2) is 0 Å². The van der Waals surface area contributed by atoms with E-state index in [9.17, 15) is 0 Å². The average molecular weight is 215 g/mol. The summed E-state index contributed by atoms with van der Waals surface area (Å²) < 4.78 is 0. The van der Waals surface area contributed by atoms with E-state index in [1.165, 1.54) is 6.42 Å². The molecular weight excluding hydrogens is 195 g/mol. The van der Waals surface area contributed by atoms with Crippen LogP contribution < -0.4 is 10.6 Å². The van der Waals surface area contributed by atoms with Crippen LogP contribution in [0.1, 0.15) is 20.3 Å². The maximum absolute atomic E-state index is 3.49. The summed E-state index contributed by atoms with van der Waals surface area (Å²) in [7, 11) is 0. The number of nitrogens with one attached hydrogen (secondary N) is 2. The predicted octanol–water partition coefficient (Wildman–Crippen LogP) is 1.44. The molecule has 1 aliphatic rings. The van der Waals surface area contributed by atoms with Crippen molar-refractivity contribution >= 4 is 24.8 Å². The molecule has 2 N–H and O–H groups in total. The molecule has 0 spiro atoms. The molecule has 1 atom stereocenters. The van der Waals surface area contributed by atoms with Gasteiger partial charge in [0.1, 0.15) is 0 Å². The minimum absolute atomic E-state index is 0. The van der Waals surface area contributed by atoms with Gasteiger partial charge in [-0.05, 0) is 12.3 Å². The standard InChI is InChI=1S/C8H18N2.2ClH/c1-7(2)5-8-6-9-3-4-10-8;;/h7-10H,3-6H2,1-2H3;2*1H/t8-;;/m0../s1.